The van der Waals surface area contributed by atoms with Gasteiger partial charge in [-0.25, -0.2) is 0 Å². The van der Waals surface area contributed by atoms with E-state index in [-0.39, 0.29) is 11.6 Å². The first kappa shape index (κ1) is 13.1. The molecule has 102 valence electrons. The lowest BCUT2D eigenvalue weighted by Gasteiger charge is -2.03. The summed E-state index contributed by atoms with van der Waals surface area (Å²) in [6.07, 6.45) is 2.73. The second-order valence-corrected chi connectivity index (χ2v) is 4.42. The van der Waals surface area contributed by atoms with E-state index >= 15 is 0 Å². The number of rotatable bonds is 4. The Kier molecular flexibility index (Phi) is 3.55. The van der Waals surface area contributed by atoms with Crippen LogP contribution in [0.3, 0.4) is 0 Å². The fraction of sp³-hybridized carbons (Fsp3) is 0.417. The number of nitrogens with one attached hydrogen (secondary N) is 2. The standard InChI is InChI=1S/C12H18N6O/c1-4-9-8(6-18(3)17-9)5-14-12(19)11-10(13)7(2)15-16-11/h6H,4-5,13H2,1-3H3,(H,14,19)(H,15,16). The SMILES string of the molecule is CCc1nn(C)cc1CNC(=O)c1n[nH]c(C)c1N. The number of hydrogen-bond donors (Lipinski definition) is 3. The molecule has 0 saturated carbocycles. The van der Waals surface area contributed by atoms with Crippen molar-refractivity contribution in [2.45, 2.75) is 26.8 Å². The maximum absolute atomic E-state index is 12.0. The predicted octanol–water partition coefficient (Wildman–Crippen LogP) is 0.526. The lowest BCUT2D eigenvalue weighted by atomic mass is 10.2. The summed E-state index contributed by atoms with van der Waals surface area (Å²) in [5.74, 6) is -0.284. The van der Waals surface area contributed by atoms with E-state index in [1.165, 1.54) is 0 Å². The van der Waals surface area contributed by atoms with Gasteiger partial charge in [-0.2, -0.15) is 10.2 Å². The highest BCUT2D eigenvalue weighted by atomic mass is 16.1. The second kappa shape index (κ2) is 5.13. The van der Waals surface area contributed by atoms with Gasteiger partial charge in [0, 0.05) is 25.4 Å². The zero-order valence-corrected chi connectivity index (χ0v) is 11.3. The molecule has 2 aromatic heterocycles. The molecule has 2 aromatic rings. The first-order valence-corrected chi connectivity index (χ1v) is 6.13. The molecule has 7 heteroatoms. The third kappa shape index (κ3) is 2.59. The van der Waals surface area contributed by atoms with Gasteiger partial charge in [0.2, 0.25) is 0 Å². The third-order valence-corrected chi connectivity index (χ3v) is 2.98. The minimum atomic E-state index is -0.284. The van der Waals surface area contributed by atoms with Crippen LogP contribution in [0.25, 0.3) is 0 Å². The Balaban J connectivity index is 2.06. The van der Waals surface area contributed by atoms with Crippen LogP contribution in [0.4, 0.5) is 5.69 Å². The number of aromatic nitrogens is 4. The first-order valence-electron chi connectivity index (χ1n) is 6.13. The number of nitrogen functional groups attached to an aromatic ring is 1. The van der Waals surface area contributed by atoms with Crippen LogP contribution in [0.2, 0.25) is 0 Å². The molecule has 0 atom stereocenters. The Bertz CT molecular complexity index is 597. The molecule has 4 N–H and O–H groups in total. The predicted molar refractivity (Wildman–Crippen MR) is 71.5 cm³/mol. The lowest BCUT2D eigenvalue weighted by Crippen LogP contribution is -2.24. The lowest BCUT2D eigenvalue weighted by molar-refractivity contribution is 0.0946. The van der Waals surface area contributed by atoms with Crippen LogP contribution in [0.1, 0.15) is 34.4 Å². The van der Waals surface area contributed by atoms with E-state index < -0.39 is 0 Å². The van der Waals surface area contributed by atoms with Gasteiger partial charge in [-0.15, -0.1) is 0 Å². The number of nitrogens with zero attached hydrogens (tertiary/aromatic N) is 3. The minimum Gasteiger partial charge on any atom is -0.395 e. The van der Waals surface area contributed by atoms with Crippen molar-refractivity contribution in [2.75, 3.05) is 5.73 Å². The van der Waals surface area contributed by atoms with Gasteiger partial charge >= 0.3 is 0 Å². The fourth-order valence-corrected chi connectivity index (χ4v) is 1.90. The number of aryl methyl sites for hydroxylation is 3. The number of aromatic amines is 1. The largest absolute Gasteiger partial charge is 0.395 e. The molecule has 2 rings (SSSR count). The highest BCUT2D eigenvalue weighted by Gasteiger charge is 2.15. The maximum Gasteiger partial charge on any atom is 0.274 e. The van der Waals surface area contributed by atoms with E-state index in [4.69, 9.17) is 5.73 Å². The molecule has 0 bridgehead atoms. The summed E-state index contributed by atoms with van der Waals surface area (Å²) in [5, 5.41) is 13.7. The number of H-pyrrole nitrogens is 1. The molecule has 0 fully saturated rings. The molecule has 0 aliphatic rings. The molecule has 0 aliphatic carbocycles. The van der Waals surface area contributed by atoms with Gasteiger partial charge in [0.25, 0.3) is 5.91 Å². The van der Waals surface area contributed by atoms with Crippen LogP contribution in [0, 0.1) is 6.92 Å². The van der Waals surface area contributed by atoms with Crippen LogP contribution in [0.15, 0.2) is 6.20 Å². The van der Waals surface area contributed by atoms with Crippen LogP contribution < -0.4 is 11.1 Å². The maximum atomic E-state index is 12.0. The molecule has 7 nitrogen and oxygen atoms in total. The summed E-state index contributed by atoms with van der Waals surface area (Å²) < 4.78 is 1.74. The Morgan fingerprint density at radius 1 is 1.58 bits per heavy atom. The summed E-state index contributed by atoms with van der Waals surface area (Å²) in [6.45, 7) is 4.22. The van der Waals surface area contributed by atoms with E-state index in [9.17, 15) is 4.79 Å². The Labute approximate surface area is 111 Å². The monoisotopic (exact) mass is 262 g/mol. The minimum absolute atomic E-state index is 0.236. The van der Waals surface area contributed by atoms with Crippen molar-refractivity contribution in [3.63, 3.8) is 0 Å². The van der Waals surface area contributed by atoms with Crippen molar-refractivity contribution in [1.29, 1.82) is 0 Å². The third-order valence-electron chi connectivity index (χ3n) is 2.98. The summed E-state index contributed by atoms with van der Waals surface area (Å²) in [5.41, 5.74) is 9.07. The van der Waals surface area contributed by atoms with Crippen molar-refractivity contribution in [2.24, 2.45) is 7.05 Å². The van der Waals surface area contributed by atoms with Crippen molar-refractivity contribution in [3.05, 3.63) is 28.8 Å². The van der Waals surface area contributed by atoms with Crippen molar-refractivity contribution >= 4 is 11.6 Å². The van der Waals surface area contributed by atoms with Gasteiger partial charge in [-0.3, -0.25) is 14.6 Å². The number of anilines is 1. The number of hydrogen-bond acceptors (Lipinski definition) is 4. The van der Waals surface area contributed by atoms with Gasteiger partial charge in [0.15, 0.2) is 5.69 Å². The molecule has 0 radical (unpaired) electrons. The number of nitrogens with two attached hydrogens (primary N) is 1. The Morgan fingerprint density at radius 3 is 2.89 bits per heavy atom. The van der Waals surface area contributed by atoms with Crippen molar-refractivity contribution in [3.8, 4) is 0 Å². The van der Waals surface area contributed by atoms with Crippen LogP contribution in [0.5, 0.6) is 0 Å². The van der Waals surface area contributed by atoms with E-state index in [1.54, 1.807) is 11.6 Å². The summed E-state index contributed by atoms with van der Waals surface area (Å²) >= 11 is 0. The Hall–Kier alpha value is -2.31. The molecule has 0 aliphatic heterocycles. The van der Waals surface area contributed by atoms with Gasteiger partial charge in [0.05, 0.1) is 17.1 Å². The number of carbonyl (C=O) groups excluding carboxylic acids is 1. The summed E-state index contributed by atoms with van der Waals surface area (Å²) in [7, 11) is 1.86. The second-order valence-electron chi connectivity index (χ2n) is 4.42. The molecule has 0 aromatic carbocycles. The zero-order chi connectivity index (χ0) is 14.0. The number of carbonyl (C=O) groups is 1. The molecule has 19 heavy (non-hydrogen) atoms. The van der Waals surface area contributed by atoms with Gasteiger partial charge in [0.1, 0.15) is 0 Å². The topological polar surface area (TPSA) is 102 Å². The van der Waals surface area contributed by atoms with E-state index in [2.05, 4.69) is 20.6 Å². The Morgan fingerprint density at radius 2 is 2.32 bits per heavy atom. The van der Waals surface area contributed by atoms with Gasteiger partial charge in [-0.05, 0) is 13.3 Å². The van der Waals surface area contributed by atoms with E-state index in [0.717, 1.165) is 17.7 Å². The fourth-order valence-electron chi connectivity index (χ4n) is 1.90. The highest BCUT2D eigenvalue weighted by molar-refractivity contribution is 5.97. The van der Waals surface area contributed by atoms with E-state index in [1.807, 2.05) is 20.2 Å². The normalized spacial score (nSPS) is 10.7. The van der Waals surface area contributed by atoms with Crippen LogP contribution in [-0.2, 0) is 20.0 Å². The van der Waals surface area contributed by atoms with Crippen molar-refractivity contribution < 1.29 is 4.79 Å². The van der Waals surface area contributed by atoms with Crippen LogP contribution in [-0.4, -0.2) is 25.9 Å². The van der Waals surface area contributed by atoms with E-state index in [0.29, 0.717) is 17.9 Å². The van der Waals surface area contributed by atoms with Crippen LogP contribution >= 0.6 is 0 Å². The molecule has 2 heterocycles. The molecular formula is C12H18N6O. The number of amides is 1. The molecule has 0 spiro atoms. The molecule has 0 saturated heterocycles. The quantitative estimate of drug-likeness (QED) is 0.747. The zero-order valence-electron chi connectivity index (χ0n) is 11.3. The average Bonchev–Trinajstić information content (AvgIpc) is 2.91. The molecule has 1 amide bonds. The average molecular weight is 262 g/mol. The smallest absolute Gasteiger partial charge is 0.274 e. The van der Waals surface area contributed by atoms with Gasteiger partial charge in [-0.1, -0.05) is 6.92 Å². The summed E-state index contributed by atoms with van der Waals surface area (Å²) in [6, 6.07) is 0. The van der Waals surface area contributed by atoms with Crippen molar-refractivity contribution in [1.82, 2.24) is 25.3 Å². The molecule has 0 unspecified atom stereocenters. The highest BCUT2D eigenvalue weighted by Crippen LogP contribution is 2.13. The molecular weight excluding hydrogens is 244 g/mol. The van der Waals surface area contributed by atoms with Gasteiger partial charge < -0.3 is 11.1 Å². The first-order chi connectivity index (χ1) is 9.02. The summed E-state index contributed by atoms with van der Waals surface area (Å²) in [4.78, 5) is 12.0.